The predicted octanol–water partition coefficient (Wildman–Crippen LogP) is 3.68. The van der Waals surface area contributed by atoms with Gasteiger partial charge in [0.05, 0.1) is 6.54 Å². The Labute approximate surface area is 189 Å². The SMILES string of the molecule is CC(C)(C)c1ccc(OC[C@H](O)CN2C(=O)N[C@@](C)(c3ccc4c(c3)CCC4)C2=O)cc1. The second kappa shape index (κ2) is 8.24. The Morgan fingerprint density at radius 2 is 1.78 bits per heavy atom. The van der Waals surface area contributed by atoms with Crippen molar-refractivity contribution in [2.75, 3.05) is 13.2 Å². The molecule has 4 rings (SSSR count). The Morgan fingerprint density at radius 3 is 2.47 bits per heavy atom. The van der Waals surface area contributed by atoms with E-state index in [-0.39, 0.29) is 24.5 Å². The lowest BCUT2D eigenvalue weighted by Crippen LogP contribution is -2.42. The van der Waals surface area contributed by atoms with Crippen LogP contribution in [0, 0.1) is 0 Å². The van der Waals surface area contributed by atoms with Crippen molar-refractivity contribution in [1.29, 1.82) is 0 Å². The van der Waals surface area contributed by atoms with Crippen molar-refractivity contribution in [1.82, 2.24) is 10.2 Å². The first-order chi connectivity index (χ1) is 15.1. The van der Waals surface area contributed by atoms with Gasteiger partial charge in [-0.1, -0.05) is 51.1 Å². The van der Waals surface area contributed by atoms with Gasteiger partial charge in [-0.2, -0.15) is 0 Å². The van der Waals surface area contributed by atoms with Crippen LogP contribution in [0.25, 0.3) is 0 Å². The van der Waals surface area contributed by atoms with Crippen LogP contribution in [0.4, 0.5) is 4.79 Å². The topological polar surface area (TPSA) is 78.9 Å². The molecule has 1 fully saturated rings. The predicted molar refractivity (Wildman–Crippen MR) is 123 cm³/mol. The van der Waals surface area contributed by atoms with Crippen LogP contribution in [0.5, 0.6) is 5.75 Å². The van der Waals surface area contributed by atoms with E-state index in [0.717, 1.165) is 29.7 Å². The molecule has 0 bridgehead atoms. The zero-order valence-electron chi connectivity index (χ0n) is 19.3. The summed E-state index contributed by atoms with van der Waals surface area (Å²) in [5.74, 6) is 0.284. The largest absolute Gasteiger partial charge is 0.491 e. The zero-order chi connectivity index (χ0) is 23.1. The minimum atomic E-state index is -1.13. The molecular weight excluding hydrogens is 404 g/mol. The number of carbonyl (C=O) groups is 2. The molecule has 0 saturated carbocycles. The summed E-state index contributed by atoms with van der Waals surface area (Å²) in [6.07, 6.45) is 2.18. The lowest BCUT2D eigenvalue weighted by atomic mass is 9.87. The molecule has 1 aliphatic carbocycles. The number of carbonyl (C=O) groups excluding carboxylic acids is 2. The van der Waals surface area contributed by atoms with Crippen LogP contribution < -0.4 is 10.1 Å². The van der Waals surface area contributed by atoms with Crippen LogP contribution in [0.3, 0.4) is 0 Å². The molecule has 6 heteroatoms. The summed E-state index contributed by atoms with van der Waals surface area (Å²) in [6, 6.07) is 13.3. The normalized spacial score (nSPS) is 21.5. The van der Waals surface area contributed by atoms with Gasteiger partial charge in [-0.25, -0.2) is 4.79 Å². The summed E-state index contributed by atoms with van der Waals surface area (Å²) < 4.78 is 5.68. The van der Waals surface area contributed by atoms with Crippen molar-refractivity contribution in [2.45, 2.75) is 64.0 Å². The Balaban J connectivity index is 1.39. The number of fused-ring (bicyclic) bond motifs is 1. The Morgan fingerprint density at radius 1 is 1.09 bits per heavy atom. The highest BCUT2D eigenvalue weighted by atomic mass is 16.5. The number of hydrogen-bond acceptors (Lipinski definition) is 4. The van der Waals surface area contributed by atoms with Crippen molar-refractivity contribution >= 4 is 11.9 Å². The first kappa shape index (κ1) is 22.3. The standard InChI is InChI=1S/C26H32N2O4/c1-25(2,3)19-10-12-22(13-11-19)32-16-21(29)15-28-23(30)26(4,27-24(28)31)20-9-8-17-6-5-7-18(17)14-20/h8-14,21,29H,5-7,15-16H2,1-4H3,(H,27,31)/t21-,26+/m1/s1. The fourth-order valence-corrected chi connectivity index (χ4v) is 4.45. The molecule has 170 valence electrons. The molecular formula is C26H32N2O4. The maximum atomic E-state index is 13.2. The van der Waals surface area contributed by atoms with Crippen molar-refractivity contribution in [3.05, 3.63) is 64.7 Å². The van der Waals surface area contributed by atoms with Crippen LogP contribution in [0.15, 0.2) is 42.5 Å². The van der Waals surface area contributed by atoms with E-state index in [9.17, 15) is 14.7 Å². The van der Waals surface area contributed by atoms with E-state index in [0.29, 0.717) is 5.75 Å². The summed E-state index contributed by atoms with van der Waals surface area (Å²) in [7, 11) is 0. The maximum Gasteiger partial charge on any atom is 0.325 e. The number of rotatable bonds is 6. The molecule has 6 nitrogen and oxygen atoms in total. The molecule has 2 aromatic carbocycles. The van der Waals surface area contributed by atoms with Gasteiger partial charge in [0.1, 0.15) is 24.0 Å². The van der Waals surface area contributed by atoms with Crippen molar-refractivity contribution in [3.63, 3.8) is 0 Å². The molecule has 3 amide bonds. The van der Waals surface area contributed by atoms with Gasteiger partial charge in [-0.05, 0) is 66.0 Å². The maximum absolute atomic E-state index is 13.2. The third kappa shape index (κ3) is 4.24. The van der Waals surface area contributed by atoms with Gasteiger partial charge >= 0.3 is 6.03 Å². The summed E-state index contributed by atoms with van der Waals surface area (Å²) in [5, 5.41) is 13.3. The number of β-amino-alcohol motifs (C(OH)–C–C–N with tert-alkyl or cyclic N) is 1. The smallest absolute Gasteiger partial charge is 0.325 e. The van der Waals surface area contributed by atoms with E-state index in [4.69, 9.17) is 4.74 Å². The lowest BCUT2D eigenvalue weighted by Gasteiger charge is -2.24. The van der Waals surface area contributed by atoms with E-state index in [1.807, 2.05) is 36.4 Å². The van der Waals surface area contributed by atoms with Crippen LogP contribution in [0.1, 0.15) is 56.4 Å². The lowest BCUT2D eigenvalue weighted by molar-refractivity contribution is -0.132. The number of imide groups is 1. The van der Waals surface area contributed by atoms with Gasteiger partial charge in [-0.15, -0.1) is 0 Å². The first-order valence-electron chi connectivity index (χ1n) is 11.3. The molecule has 1 heterocycles. The highest BCUT2D eigenvalue weighted by molar-refractivity contribution is 6.07. The number of aliphatic hydroxyl groups excluding tert-OH is 1. The van der Waals surface area contributed by atoms with Gasteiger partial charge < -0.3 is 15.2 Å². The monoisotopic (exact) mass is 436 g/mol. The molecule has 1 saturated heterocycles. The summed E-state index contributed by atoms with van der Waals surface area (Å²) in [6.45, 7) is 8.01. The summed E-state index contributed by atoms with van der Waals surface area (Å²) >= 11 is 0. The number of aryl methyl sites for hydroxylation is 2. The van der Waals surface area contributed by atoms with Crippen molar-refractivity contribution in [3.8, 4) is 5.75 Å². The highest BCUT2D eigenvalue weighted by Gasteiger charge is 2.49. The number of benzene rings is 2. The van der Waals surface area contributed by atoms with Gasteiger partial charge in [0.15, 0.2) is 0 Å². The molecule has 2 N–H and O–H groups in total. The number of urea groups is 1. The van der Waals surface area contributed by atoms with Crippen LogP contribution >= 0.6 is 0 Å². The molecule has 0 unspecified atom stereocenters. The second-order valence-corrected chi connectivity index (χ2v) is 10.0. The van der Waals surface area contributed by atoms with Crippen LogP contribution in [-0.4, -0.2) is 41.2 Å². The average molecular weight is 437 g/mol. The van der Waals surface area contributed by atoms with Crippen LogP contribution in [-0.2, 0) is 28.6 Å². The summed E-state index contributed by atoms with van der Waals surface area (Å²) in [4.78, 5) is 26.8. The molecule has 1 aliphatic heterocycles. The number of amides is 3. The van der Waals surface area contributed by atoms with Gasteiger partial charge in [0.2, 0.25) is 0 Å². The fourth-order valence-electron chi connectivity index (χ4n) is 4.45. The van der Waals surface area contributed by atoms with E-state index >= 15 is 0 Å². The third-order valence-electron chi connectivity index (χ3n) is 6.51. The van der Waals surface area contributed by atoms with Gasteiger partial charge in [0, 0.05) is 0 Å². The Hall–Kier alpha value is -2.86. The second-order valence-electron chi connectivity index (χ2n) is 10.0. The molecule has 0 spiro atoms. The van der Waals surface area contributed by atoms with E-state index in [1.165, 1.54) is 16.7 Å². The molecule has 32 heavy (non-hydrogen) atoms. The molecule has 0 radical (unpaired) electrons. The number of nitrogens with zero attached hydrogens (tertiary/aromatic N) is 1. The zero-order valence-corrected chi connectivity index (χ0v) is 19.3. The molecule has 2 aliphatic rings. The minimum Gasteiger partial charge on any atom is -0.491 e. The number of ether oxygens (including phenoxy) is 1. The number of hydrogen-bond donors (Lipinski definition) is 2. The first-order valence-corrected chi connectivity index (χ1v) is 11.3. The number of nitrogens with one attached hydrogen (secondary N) is 1. The third-order valence-corrected chi connectivity index (χ3v) is 6.51. The van der Waals surface area contributed by atoms with Gasteiger partial charge in [-0.3, -0.25) is 9.69 Å². The molecule has 2 atom stereocenters. The van der Waals surface area contributed by atoms with Crippen molar-refractivity contribution in [2.24, 2.45) is 0 Å². The number of aliphatic hydroxyl groups is 1. The quantitative estimate of drug-likeness (QED) is 0.677. The fraction of sp³-hybridized carbons (Fsp3) is 0.462. The minimum absolute atomic E-state index is 0.0124. The Bertz CT molecular complexity index is 1030. The van der Waals surface area contributed by atoms with Gasteiger partial charge in [0.25, 0.3) is 5.91 Å². The Kier molecular flexibility index (Phi) is 5.76. The average Bonchev–Trinajstić information content (AvgIpc) is 3.30. The molecule has 2 aromatic rings. The van der Waals surface area contributed by atoms with Crippen molar-refractivity contribution < 1.29 is 19.4 Å². The summed E-state index contributed by atoms with van der Waals surface area (Å²) in [5.41, 5.74) is 3.45. The van der Waals surface area contributed by atoms with E-state index in [1.54, 1.807) is 6.92 Å². The van der Waals surface area contributed by atoms with Crippen LogP contribution in [0.2, 0.25) is 0 Å². The van der Waals surface area contributed by atoms with E-state index in [2.05, 4.69) is 32.2 Å². The highest BCUT2D eigenvalue weighted by Crippen LogP contribution is 2.32. The van der Waals surface area contributed by atoms with E-state index < -0.39 is 17.7 Å². The molecule has 0 aromatic heterocycles.